The molecule has 0 saturated carbocycles. The Morgan fingerprint density at radius 2 is 2.35 bits per heavy atom. The van der Waals surface area contributed by atoms with Crippen molar-refractivity contribution in [2.24, 2.45) is 5.92 Å². The lowest BCUT2D eigenvalue weighted by atomic mass is 10.2. The minimum Gasteiger partial charge on any atom is -0.481 e. The van der Waals surface area contributed by atoms with E-state index in [1.165, 1.54) is 30.0 Å². The van der Waals surface area contributed by atoms with Gasteiger partial charge >= 0.3 is 5.97 Å². The number of nitrogens with one attached hydrogen (secondary N) is 1. The zero-order valence-electron chi connectivity index (χ0n) is 9.60. The van der Waals surface area contributed by atoms with Crippen LogP contribution in [0.3, 0.4) is 0 Å². The Morgan fingerprint density at radius 3 is 2.94 bits per heavy atom. The molecule has 1 unspecified atom stereocenters. The molecule has 0 radical (unpaired) electrons. The van der Waals surface area contributed by atoms with Crippen LogP contribution in [0.4, 0.5) is 5.13 Å². The number of thioether (sulfide) groups is 1. The number of aliphatic carboxylic acids is 1. The Balaban J connectivity index is 2.34. The van der Waals surface area contributed by atoms with E-state index in [2.05, 4.69) is 10.3 Å². The van der Waals surface area contributed by atoms with Crippen molar-refractivity contribution in [3.8, 4) is 0 Å². The van der Waals surface area contributed by atoms with Gasteiger partial charge in [0.25, 0.3) is 0 Å². The van der Waals surface area contributed by atoms with Gasteiger partial charge in [-0.3, -0.25) is 9.59 Å². The van der Waals surface area contributed by atoms with Crippen LogP contribution in [0.15, 0.2) is 5.38 Å². The first-order chi connectivity index (χ1) is 7.99. The minimum absolute atomic E-state index is 0.141. The molecule has 0 fully saturated rings. The van der Waals surface area contributed by atoms with Crippen molar-refractivity contribution in [3.05, 3.63) is 11.1 Å². The zero-order chi connectivity index (χ0) is 12.8. The lowest BCUT2D eigenvalue weighted by Crippen LogP contribution is -2.11. The van der Waals surface area contributed by atoms with Crippen molar-refractivity contribution >= 4 is 40.1 Å². The molecule has 0 aromatic carbocycles. The van der Waals surface area contributed by atoms with Crippen molar-refractivity contribution in [2.75, 3.05) is 11.1 Å². The molecule has 0 aliphatic rings. The molecule has 0 saturated heterocycles. The van der Waals surface area contributed by atoms with E-state index in [4.69, 9.17) is 5.11 Å². The standard InChI is InChI=1S/C10H14N2O3S2/c1-6(9(14)15)3-16-4-8-5-17-10(12-8)11-7(2)13/h5-6H,3-4H2,1-2H3,(H,14,15)(H,11,12,13). The van der Waals surface area contributed by atoms with Gasteiger partial charge in [0.1, 0.15) is 0 Å². The SMILES string of the molecule is CC(=O)Nc1nc(CSCC(C)C(=O)O)cs1. The minimum atomic E-state index is -0.783. The summed E-state index contributed by atoms with van der Waals surface area (Å²) < 4.78 is 0. The number of rotatable bonds is 6. The third-order valence-corrected chi connectivity index (χ3v) is 3.92. The molecular weight excluding hydrogens is 260 g/mol. The van der Waals surface area contributed by atoms with Crippen LogP contribution < -0.4 is 5.32 Å². The van der Waals surface area contributed by atoms with Crippen molar-refractivity contribution in [3.63, 3.8) is 0 Å². The maximum atomic E-state index is 10.8. The highest BCUT2D eigenvalue weighted by Gasteiger charge is 2.11. The summed E-state index contributed by atoms with van der Waals surface area (Å²) in [7, 11) is 0. The summed E-state index contributed by atoms with van der Waals surface area (Å²) in [5, 5.41) is 13.8. The molecule has 0 aliphatic carbocycles. The van der Waals surface area contributed by atoms with Gasteiger partial charge in [0, 0.05) is 23.8 Å². The van der Waals surface area contributed by atoms with Crippen LogP contribution in [0.1, 0.15) is 19.5 Å². The first-order valence-electron chi connectivity index (χ1n) is 5.01. The van der Waals surface area contributed by atoms with Gasteiger partial charge in [-0.2, -0.15) is 11.8 Å². The molecule has 1 aromatic heterocycles. The Bertz CT molecular complexity index is 406. The number of hydrogen-bond acceptors (Lipinski definition) is 5. The first-order valence-corrected chi connectivity index (χ1v) is 7.05. The Morgan fingerprint density at radius 1 is 1.65 bits per heavy atom. The molecule has 5 nitrogen and oxygen atoms in total. The van der Waals surface area contributed by atoms with Crippen molar-refractivity contribution in [1.29, 1.82) is 0 Å². The third kappa shape index (κ3) is 5.18. The zero-order valence-corrected chi connectivity index (χ0v) is 11.2. The van der Waals surface area contributed by atoms with E-state index in [0.717, 1.165) is 5.69 Å². The molecule has 17 heavy (non-hydrogen) atoms. The van der Waals surface area contributed by atoms with Gasteiger partial charge in [-0.15, -0.1) is 11.3 Å². The summed E-state index contributed by atoms with van der Waals surface area (Å²) >= 11 is 2.90. The monoisotopic (exact) mass is 274 g/mol. The van der Waals surface area contributed by atoms with Crippen LogP contribution in [0.5, 0.6) is 0 Å². The Hall–Kier alpha value is -1.08. The van der Waals surface area contributed by atoms with Gasteiger partial charge in [-0.05, 0) is 0 Å². The molecule has 0 spiro atoms. The second-order valence-electron chi connectivity index (χ2n) is 3.58. The van der Waals surface area contributed by atoms with E-state index in [0.29, 0.717) is 16.6 Å². The Labute approximate surface area is 108 Å². The summed E-state index contributed by atoms with van der Waals surface area (Å²) in [4.78, 5) is 25.6. The lowest BCUT2D eigenvalue weighted by Gasteiger charge is -2.03. The van der Waals surface area contributed by atoms with Gasteiger partial charge in [0.2, 0.25) is 5.91 Å². The van der Waals surface area contributed by atoms with Gasteiger partial charge < -0.3 is 10.4 Å². The molecular formula is C10H14N2O3S2. The van der Waals surface area contributed by atoms with E-state index >= 15 is 0 Å². The highest BCUT2D eigenvalue weighted by molar-refractivity contribution is 7.98. The van der Waals surface area contributed by atoms with E-state index in [-0.39, 0.29) is 11.8 Å². The normalized spacial score (nSPS) is 12.1. The quantitative estimate of drug-likeness (QED) is 0.830. The molecule has 1 rings (SSSR count). The molecule has 1 heterocycles. The number of carbonyl (C=O) groups excluding carboxylic acids is 1. The van der Waals surface area contributed by atoms with E-state index in [1.54, 1.807) is 6.92 Å². The second kappa shape index (κ2) is 6.61. The van der Waals surface area contributed by atoms with Gasteiger partial charge in [0.05, 0.1) is 11.6 Å². The summed E-state index contributed by atoms with van der Waals surface area (Å²) in [5.74, 6) is -0.0584. The summed E-state index contributed by atoms with van der Waals surface area (Å²) in [6.45, 7) is 3.11. The van der Waals surface area contributed by atoms with Crippen LogP contribution in [0.25, 0.3) is 0 Å². The number of amides is 1. The molecule has 0 aliphatic heterocycles. The molecule has 94 valence electrons. The molecule has 7 heteroatoms. The number of carboxylic acid groups (broad SMARTS) is 1. The van der Waals surface area contributed by atoms with Gasteiger partial charge in [-0.1, -0.05) is 6.92 Å². The van der Waals surface area contributed by atoms with Crippen LogP contribution in [0, 0.1) is 5.92 Å². The molecule has 2 N–H and O–H groups in total. The van der Waals surface area contributed by atoms with Crippen LogP contribution in [-0.2, 0) is 15.3 Å². The number of carboxylic acids is 1. The van der Waals surface area contributed by atoms with Crippen molar-refractivity contribution in [2.45, 2.75) is 19.6 Å². The predicted octanol–water partition coefficient (Wildman–Crippen LogP) is 2.06. The molecule has 1 amide bonds. The number of thiazole rings is 1. The van der Waals surface area contributed by atoms with E-state index in [1.807, 2.05) is 5.38 Å². The van der Waals surface area contributed by atoms with E-state index in [9.17, 15) is 9.59 Å². The average Bonchev–Trinajstić information content (AvgIpc) is 2.64. The van der Waals surface area contributed by atoms with Crippen molar-refractivity contribution < 1.29 is 14.7 Å². The number of aromatic nitrogens is 1. The predicted molar refractivity (Wildman–Crippen MR) is 69.4 cm³/mol. The topological polar surface area (TPSA) is 79.3 Å². The summed E-state index contributed by atoms with van der Waals surface area (Å²) in [6.07, 6.45) is 0. The lowest BCUT2D eigenvalue weighted by molar-refractivity contribution is -0.140. The summed E-state index contributed by atoms with van der Waals surface area (Å²) in [6, 6.07) is 0. The molecule has 0 bridgehead atoms. The maximum absolute atomic E-state index is 10.8. The first kappa shape index (κ1) is 14.0. The largest absolute Gasteiger partial charge is 0.481 e. The third-order valence-electron chi connectivity index (χ3n) is 1.87. The fraction of sp³-hybridized carbons (Fsp3) is 0.500. The van der Waals surface area contributed by atoms with Crippen LogP contribution in [-0.4, -0.2) is 27.7 Å². The van der Waals surface area contributed by atoms with E-state index < -0.39 is 5.97 Å². The number of anilines is 1. The highest BCUT2D eigenvalue weighted by Crippen LogP contribution is 2.20. The fourth-order valence-corrected chi connectivity index (χ4v) is 2.83. The van der Waals surface area contributed by atoms with Crippen LogP contribution >= 0.6 is 23.1 Å². The van der Waals surface area contributed by atoms with Gasteiger partial charge in [0.15, 0.2) is 5.13 Å². The number of hydrogen-bond donors (Lipinski definition) is 2. The van der Waals surface area contributed by atoms with Crippen molar-refractivity contribution in [1.82, 2.24) is 4.98 Å². The highest BCUT2D eigenvalue weighted by atomic mass is 32.2. The second-order valence-corrected chi connectivity index (χ2v) is 5.47. The van der Waals surface area contributed by atoms with Crippen LogP contribution in [0.2, 0.25) is 0 Å². The molecule has 1 atom stereocenters. The molecule has 1 aromatic rings. The fourth-order valence-electron chi connectivity index (χ4n) is 0.993. The maximum Gasteiger partial charge on any atom is 0.307 e. The average molecular weight is 274 g/mol. The smallest absolute Gasteiger partial charge is 0.307 e. The Kier molecular flexibility index (Phi) is 5.43. The number of carbonyl (C=O) groups is 2. The number of nitrogens with zero attached hydrogens (tertiary/aromatic N) is 1. The van der Waals surface area contributed by atoms with Gasteiger partial charge in [-0.25, -0.2) is 4.98 Å². The summed E-state index contributed by atoms with van der Waals surface area (Å²) in [5.41, 5.74) is 0.862.